The molecule has 0 aliphatic heterocycles. The molecular formula is C11H25N3O2S. The molecule has 6 heteroatoms. The summed E-state index contributed by atoms with van der Waals surface area (Å²) < 4.78 is 21.9. The van der Waals surface area contributed by atoms with Crippen LogP contribution in [0, 0.1) is 0 Å². The molecule has 5 nitrogen and oxygen atoms in total. The van der Waals surface area contributed by atoms with E-state index in [1.165, 1.54) is 6.26 Å². The normalized spacial score (nSPS) is 12.5. The zero-order valence-corrected chi connectivity index (χ0v) is 11.9. The lowest BCUT2D eigenvalue weighted by atomic mass is 10.3. The van der Waals surface area contributed by atoms with Crippen molar-refractivity contribution in [2.24, 2.45) is 4.99 Å². The maximum atomic E-state index is 10.9. The van der Waals surface area contributed by atoms with E-state index in [0.29, 0.717) is 13.0 Å². The Morgan fingerprint density at radius 1 is 1.18 bits per heavy atom. The highest BCUT2D eigenvalue weighted by molar-refractivity contribution is 7.90. The molecule has 0 aliphatic carbocycles. The van der Waals surface area contributed by atoms with Gasteiger partial charge in [0.15, 0.2) is 5.96 Å². The lowest BCUT2D eigenvalue weighted by Crippen LogP contribution is -2.37. The van der Waals surface area contributed by atoms with Crippen LogP contribution in [-0.2, 0) is 9.84 Å². The molecule has 0 heterocycles. The molecular weight excluding hydrogens is 238 g/mol. The van der Waals surface area contributed by atoms with Gasteiger partial charge in [-0.25, -0.2) is 8.42 Å². The Bertz CT molecular complexity index is 313. The third-order valence-electron chi connectivity index (χ3n) is 2.11. The first-order valence-electron chi connectivity index (χ1n) is 6.19. The van der Waals surface area contributed by atoms with Gasteiger partial charge in [0.1, 0.15) is 9.84 Å². The van der Waals surface area contributed by atoms with Crippen LogP contribution in [0.25, 0.3) is 0 Å². The van der Waals surface area contributed by atoms with Gasteiger partial charge in [-0.3, -0.25) is 4.99 Å². The van der Waals surface area contributed by atoms with E-state index >= 15 is 0 Å². The number of guanidine groups is 1. The van der Waals surface area contributed by atoms with Crippen molar-refractivity contribution in [3.63, 3.8) is 0 Å². The summed E-state index contributed by atoms with van der Waals surface area (Å²) in [7, 11) is -2.87. The largest absolute Gasteiger partial charge is 0.357 e. The van der Waals surface area contributed by atoms with Gasteiger partial charge < -0.3 is 10.6 Å². The average molecular weight is 263 g/mol. The lowest BCUT2D eigenvalue weighted by Gasteiger charge is -2.10. The Balaban J connectivity index is 3.93. The Kier molecular flexibility index (Phi) is 8.85. The van der Waals surface area contributed by atoms with E-state index in [2.05, 4.69) is 22.5 Å². The lowest BCUT2D eigenvalue weighted by molar-refractivity contribution is 0.599. The van der Waals surface area contributed by atoms with Gasteiger partial charge in [0.2, 0.25) is 0 Å². The van der Waals surface area contributed by atoms with Crippen molar-refractivity contribution in [1.29, 1.82) is 0 Å². The number of hydrogen-bond acceptors (Lipinski definition) is 3. The number of nitrogens with one attached hydrogen (secondary N) is 2. The highest BCUT2D eigenvalue weighted by atomic mass is 32.2. The Hall–Kier alpha value is -0.780. The van der Waals surface area contributed by atoms with Crippen molar-refractivity contribution in [3.05, 3.63) is 0 Å². The van der Waals surface area contributed by atoms with Crippen LogP contribution in [0.3, 0.4) is 0 Å². The molecule has 0 unspecified atom stereocenters. The van der Waals surface area contributed by atoms with Crippen molar-refractivity contribution in [1.82, 2.24) is 10.6 Å². The fourth-order valence-corrected chi connectivity index (χ4v) is 1.90. The van der Waals surface area contributed by atoms with Crippen molar-refractivity contribution < 1.29 is 8.42 Å². The van der Waals surface area contributed by atoms with E-state index in [9.17, 15) is 8.42 Å². The van der Waals surface area contributed by atoms with Gasteiger partial charge in [0.25, 0.3) is 0 Å². The smallest absolute Gasteiger partial charge is 0.191 e. The summed E-state index contributed by atoms with van der Waals surface area (Å²) in [6.07, 6.45) is 4.07. The molecule has 0 aromatic carbocycles. The Morgan fingerprint density at radius 2 is 1.88 bits per heavy atom. The molecule has 0 saturated heterocycles. The van der Waals surface area contributed by atoms with E-state index in [1.54, 1.807) is 0 Å². The van der Waals surface area contributed by atoms with Crippen LogP contribution in [0.15, 0.2) is 4.99 Å². The van der Waals surface area contributed by atoms with Crippen LogP contribution in [-0.4, -0.2) is 46.0 Å². The average Bonchev–Trinajstić information content (AvgIpc) is 2.23. The molecule has 0 saturated carbocycles. The molecule has 0 fully saturated rings. The number of rotatable bonds is 8. The fourth-order valence-electron chi connectivity index (χ4n) is 1.24. The quantitative estimate of drug-likeness (QED) is 0.386. The SMILES string of the molecule is CCCCNC(=NCCCS(C)(=O)=O)NCC. The number of hydrogen-bond donors (Lipinski definition) is 2. The molecule has 0 rings (SSSR count). The molecule has 0 aromatic rings. The van der Waals surface area contributed by atoms with Gasteiger partial charge in [-0.1, -0.05) is 13.3 Å². The van der Waals surface area contributed by atoms with Crippen LogP contribution in [0.4, 0.5) is 0 Å². The van der Waals surface area contributed by atoms with Gasteiger partial charge in [-0.15, -0.1) is 0 Å². The van der Waals surface area contributed by atoms with Crippen molar-refractivity contribution in [2.75, 3.05) is 31.6 Å². The second-order valence-corrected chi connectivity index (χ2v) is 6.28. The third-order valence-corrected chi connectivity index (χ3v) is 3.14. The van der Waals surface area contributed by atoms with Crippen LogP contribution in [0.5, 0.6) is 0 Å². The minimum atomic E-state index is -2.87. The van der Waals surface area contributed by atoms with Crippen LogP contribution >= 0.6 is 0 Å². The Labute approximate surface area is 105 Å². The topological polar surface area (TPSA) is 70.6 Å². The maximum Gasteiger partial charge on any atom is 0.191 e. The summed E-state index contributed by atoms with van der Waals surface area (Å²) in [6, 6.07) is 0. The van der Waals surface area contributed by atoms with Crippen molar-refractivity contribution in [2.45, 2.75) is 33.1 Å². The zero-order chi connectivity index (χ0) is 13.1. The van der Waals surface area contributed by atoms with Crippen molar-refractivity contribution >= 4 is 15.8 Å². The highest BCUT2D eigenvalue weighted by Gasteiger charge is 2.01. The summed E-state index contributed by atoms with van der Waals surface area (Å²) >= 11 is 0. The molecule has 0 radical (unpaired) electrons. The first-order chi connectivity index (χ1) is 7.99. The predicted molar refractivity (Wildman–Crippen MR) is 73.2 cm³/mol. The predicted octanol–water partition coefficient (Wildman–Crippen LogP) is 0.776. The van der Waals surface area contributed by atoms with Gasteiger partial charge in [0.05, 0.1) is 5.75 Å². The number of nitrogens with zero attached hydrogens (tertiary/aromatic N) is 1. The molecule has 0 aliphatic rings. The van der Waals surface area contributed by atoms with Gasteiger partial charge >= 0.3 is 0 Å². The van der Waals surface area contributed by atoms with Crippen LogP contribution in [0.1, 0.15) is 33.1 Å². The van der Waals surface area contributed by atoms with Gasteiger partial charge in [-0.2, -0.15) is 0 Å². The van der Waals surface area contributed by atoms with Crippen molar-refractivity contribution in [3.8, 4) is 0 Å². The standard InChI is InChI=1S/C11H25N3O2S/c1-4-6-8-13-11(12-5-2)14-9-7-10-17(3,15)16/h4-10H2,1-3H3,(H2,12,13,14). The molecule has 0 atom stereocenters. The van der Waals surface area contributed by atoms with Crippen LogP contribution < -0.4 is 10.6 Å². The summed E-state index contributed by atoms with van der Waals surface area (Å²) in [5.41, 5.74) is 0. The Morgan fingerprint density at radius 3 is 2.41 bits per heavy atom. The highest BCUT2D eigenvalue weighted by Crippen LogP contribution is 1.90. The second-order valence-electron chi connectivity index (χ2n) is 4.02. The first-order valence-corrected chi connectivity index (χ1v) is 8.25. The van der Waals surface area contributed by atoms with E-state index in [4.69, 9.17) is 0 Å². The maximum absolute atomic E-state index is 10.9. The monoisotopic (exact) mass is 263 g/mol. The first kappa shape index (κ1) is 16.2. The molecule has 102 valence electrons. The number of aliphatic imine (C=N–C) groups is 1. The summed E-state index contributed by atoms with van der Waals surface area (Å²) in [4.78, 5) is 4.32. The fraction of sp³-hybridized carbons (Fsp3) is 0.909. The molecule has 17 heavy (non-hydrogen) atoms. The molecule has 0 bridgehead atoms. The number of unbranched alkanes of at least 4 members (excludes halogenated alkanes) is 1. The van der Waals surface area contributed by atoms with E-state index in [0.717, 1.165) is 31.9 Å². The summed E-state index contributed by atoms with van der Waals surface area (Å²) in [5, 5.41) is 6.34. The van der Waals surface area contributed by atoms with Gasteiger partial charge in [-0.05, 0) is 19.8 Å². The minimum absolute atomic E-state index is 0.199. The molecule has 0 aromatic heterocycles. The minimum Gasteiger partial charge on any atom is -0.357 e. The van der Waals surface area contributed by atoms with E-state index < -0.39 is 9.84 Å². The van der Waals surface area contributed by atoms with E-state index in [-0.39, 0.29) is 5.75 Å². The van der Waals surface area contributed by atoms with Crippen LogP contribution in [0.2, 0.25) is 0 Å². The molecule has 2 N–H and O–H groups in total. The molecule has 0 spiro atoms. The summed E-state index contributed by atoms with van der Waals surface area (Å²) in [6.45, 7) is 6.39. The molecule has 0 amide bonds. The second kappa shape index (κ2) is 9.27. The zero-order valence-electron chi connectivity index (χ0n) is 11.1. The van der Waals surface area contributed by atoms with E-state index in [1.807, 2.05) is 6.92 Å². The number of sulfone groups is 1. The summed E-state index contributed by atoms with van der Waals surface area (Å²) in [5.74, 6) is 0.972. The van der Waals surface area contributed by atoms with Gasteiger partial charge in [0, 0.05) is 25.9 Å². The third kappa shape index (κ3) is 11.5.